The second kappa shape index (κ2) is 7.50. The van der Waals surface area contributed by atoms with Crippen molar-refractivity contribution in [3.05, 3.63) is 28.8 Å². The fraction of sp³-hybridized carbons (Fsp3) is 0.467. The fourth-order valence-corrected chi connectivity index (χ4v) is 4.75. The average Bonchev–Trinajstić information content (AvgIpc) is 3.02. The molecule has 2 N–H and O–H groups in total. The van der Waals surface area contributed by atoms with Gasteiger partial charge in [-0.05, 0) is 43.0 Å². The van der Waals surface area contributed by atoms with Crippen LogP contribution in [0.15, 0.2) is 23.1 Å². The topological polar surface area (TPSA) is 104 Å². The van der Waals surface area contributed by atoms with Gasteiger partial charge in [-0.2, -0.15) is 4.31 Å². The first kappa shape index (κ1) is 18.7. The van der Waals surface area contributed by atoms with Gasteiger partial charge in [0.25, 0.3) is 0 Å². The number of amides is 1. The number of halogens is 1. The normalized spacial score (nSPS) is 18.5. The minimum atomic E-state index is -3.89. The van der Waals surface area contributed by atoms with Crippen LogP contribution in [0.3, 0.4) is 0 Å². The number of sulfonamides is 1. The molecule has 132 valence electrons. The Hall–Kier alpha value is -1.64. The van der Waals surface area contributed by atoms with Crippen molar-refractivity contribution in [2.75, 3.05) is 13.1 Å². The Morgan fingerprint density at radius 3 is 2.71 bits per heavy atom. The highest BCUT2D eigenvalue weighted by molar-refractivity contribution is 7.89. The van der Waals surface area contributed by atoms with Gasteiger partial charge in [0.05, 0.1) is 4.90 Å². The number of hydrogen-bond donors (Lipinski definition) is 2. The smallest absolute Gasteiger partial charge is 0.322 e. The number of aliphatic carboxylic acids is 1. The summed E-state index contributed by atoms with van der Waals surface area (Å²) in [5, 5.41) is 11.2. The second-order valence-corrected chi connectivity index (χ2v) is 7.86. The standard InChI is InChI=1S/C15H19ClN2O5S/c1-2-10-6-11(16)8-12(7-10)24(22,23)18-5-3-4-13(18)15(21)17-9-14(19)20/h6-8,13H,2-5,9H2,1H3,(H,17,21)(H,19,20). The third kappa shape index (κ3) is 4.06. The van der Waals surface area contributed by atoms with Crippen molar-refractivity contribution in [3.63, 3.8) is 0 Å². The SMILES string of the molecule is CCc1cc(Cl)cc(S(=O)(=O)N2CCCC2C(=O)NCC(=O)O)c1. The molecule has 0 aromatic heterocycles. The second-order valence-electron chi connectivity index (χ2n) is 5.53. The molecule has 0 radical (unpaired) electrons. The molecule has 1 aromatic carbocycles. The summed E-state index contributed by atoms with van der Waals surface area (Å²) in [6.45, 7) is 1.56. The maximum absolute atomic E-state index is 12.9. The van der Waals surface area contributed by atoms with Gasteiger partial charge in [-0.15, -0.1) is 0 Å². The highest BCUT2D eigenvalue weighted by Crippen LogP contribution is 2.28. The van der Waals surface area contributed by atoms with E-state index in [0.717, 1.165) is 9.87 Å². The molecule has 1 unspecified atom stereocenters. The van der Waals surface area contributed by atoms with E-state index in [2.05, 4.69) is 5.32 Å². The van der Waals surface area contributed by atoms with Gasteiger partial charge < -0.3 is 10.4 Å². The molecular weight excluding hydrogens is 356 g/mol. The number of carbonyl (C=O) groups is 2. The number of aryl methyl sites for hydroxylation is 1. The van der Waals surface area contributed by atoms with Crippen LogP contribution in [0.1, 0.15) is 25.3 Å². The molecular formula is C15H19ClN2O5S. The zero-order valence-corrected chi connectivity index (χ0v) is 14.7. The lowest BCUT2D eigenvalue weighted by Gasteiger charge is -2.23. The van der Waals surface area contributed by atoms with E-state index in [4.69, 9.17) is 16.7 Å². The Bertz CT molecular complexity index is 750. The molecule has 0 bridgehead atoms. The summed E-state index contributed by atoms with van der Waals surface area (Å²) in [5.74, 6) is -1.78. The lowest BCUT2D eigenvalue weighted by molar-refractivity contribution is -0.138. The van der Waals surface area contributed by atoms with E-state index >= 15 is 0 Å². The van der Waals surface area contributed by atoms with Crippen molar-refractivity contribution in [1.29, 1.82) is 0 Å². The van der Waals surface area contributed by atoms with E-state index in [0.29, 0.717) is 24.3 Å². The molecule has 0 aliphatic carbocycles. The van der Waals surface area contributed by atoms with Crippen LogP contribution in [-0.2, 0) is 26.0 Å². The molecule has 1 aromatic rings. The first-order chi connectivity index (χ1) is 11.3. The molecule has 1 atom stereocenters. The maximum Gasteiger partial charge on any atom is 0.322 e. The van der Waals surface area contributed by atoms with Crippen LogP contribution in [0.25, 0.3) is 0 Å². The lowest BCUT2D eigenvalue weighted by Crippen LogP contribution is -2.47. The minimum absolute atomic E-state index is 0.0461. The van der Waals surface area contributed by atoms with Crippen LogP contribution >= 0.6 is 11.6 Å². The summed E-state index contributed by atoms with van der Waals surface area (Å²) in [5.41, 5.74) is 0.784. The van der Waals surface area contributed by atoms with Crippen LogP contribution < -0.4 is 5.32 Å². The van der Waals surface area contributed by atoms with Crippen LogP contribution in [0.4, 0.5) is 0 Å². The zero-order valence-electron chi connectivity index (χ0n) is 13.2. The highest BCUT2D eigenvalue weighted by atomic mass is 35.5. The van der Waals surface area contributed by atoms with Crippen molar-refractivity contribution in [2.45, 2.75) is 37.1 Å². The summed E-state index contributed by atoms with van der Waals surface area (Å²) in [6, 6.07) is 3.70. The van der Waals surface area contributed by atoms with E-state index in [9.17, 15) is 18.0 Å². The van der Waals surface area contributed by atoms with Gasteiger partial charge in [0.15, 0.2) is 0 Å². The van der Waals surface area contributed by atoms with Crippen molar-refractivity contribution < 1.29 is 23.1 Å². The number of carboxylic acid groups (broad SMARTS) is 1. The third-order valence-corrected chi connectivity index (χ3v) is 5.97. The summed E-state index contributed by atoms with van der Waals surface area (Å²) in [4.78, 5) is 22.7. The predicted molar refractivity (Wildman–Crippen MR) is 88.4 cm³/mol. The van der Waals surface area contributed by atoms with Gasteiger partial charge in [-0.25, -0.2) is 8.42 Å². The summed E-state index contributed by atoms with van der Waals surface area (Å²) in [6.07, 6.45) is 1.52. The number of nitrogens with one attached hydrogen (secondary N) is 1. The average molecular weight is 375 g/mol. The molecule has 1 saturated heterocycles. The molecule has 1 fully saturated rings. The quantitative estimate of drug-likeness (QED) is 0.780. The molecule has 1 aliphatic rings. The molecule has 7 nitrogen and oxygen atoms in total. The summed E-state index contributed by atoms with van der Waals surface area (Å²) >= 11 is 6.00. The fourth-order valence-electron chi connectivity index (χ4n) is 2.68. The van der Waals surface area contributed by atoms with Crippen molar-refractivity contribution in [2.24, 2.45) is 0 Å². The zero-order chi connectivity index (χ0) is 17.9. The van der Waals surface area contributed by atoms with Crippen LogP contribution in [0.2, 0.25) is 5.02 Å². The summed E-state index contributed by atoms with van der Waals surface area (Å²) < 4.78 is 26.9. The van der Waals surface area contributed by atoms with Gasteiger partial charge >= 0.3 is 5.97 Å². The lowest BCUT2D eigenvalue weighted by atomic mass is 10.2. The van der Waals surface area contributed by atoms with E-state index < -0.39 is 34.5 Å². The van der Waals surface area contributed by atoms with E-state index in [1.54, 1.807) is 12.1 Å². The van der Waals surface area contributed by atoms with Gasteiger partial charge in [0.1, 0.15) is 12.6 Å². The monoisotopic (exact) mass is 374 g/mol. The Labute approximate surface area is 145 Å². The van der Waals surface area contributed by atoms with Crippen LogP contribution in [-0.4, -0.2) is 48.8 Å². The van der Waals surface area contributed by atoms with E-state index in [1.807, 2.05) is 6.92 Å². The summed E-state index contributed by atoms with van der Waals surface area (Å²) in [7, 11) is -3.89. The van der Waals surface area contributed by atoms with Crippen molar-refractivity contribution >= 4 is 33.5 Å². The van der Waals surface area contributed by atoms with Gasteiger partial charge in [-0.1, -0.05) is 18.5 Å². The Kier molecular flexibility index (Phi) is 5.84. The Morgan fingerprint density at radius 2 is 2.08 bits per heavy atom. The van der Waals surface area contributed by atoms with Crippen LogP contribution in [0, 0.1) is 0 Å². The Morgan fingerprint density at radius 1 is 1.38 bits per heavy atom. The molecule has 1 heterocycles. The first-order valence-electron chi connectivity index (χ1n) is 7.56. The molecule has 2 rings (SSSR count). The van der Waals surface area contributed by atoms with E-state index in [1.165, 1.54) is 6.07 Å². The van der Waals surface area contributed by atoms with Crippen molar-refractivity contribution in [1.82, 2.24) is 9.62 Å². The Balaban J connectivity index is 2.29. The van der Waals surface area contributed by atoms with Crippen molar-refractivity contribution in [3.8, 4) is 0 Å². The molecule has 0 saturated carbocycles. The number of carbonyl (C=O) groups excluding carboxylic acids is 1. The number of rotatable bonds is 6. The van der Waals surface area contributed by atoms with E-state index in [-0.39, 0.29) is 11.4 Å². The third-order valence-electron chi connectivity index (χ3n) is 3.87. The van der Waals surface area contributed by atoms with Crippen LogP contribution in [0.5, 0.6) is 0 Å². The largest absolute Gasteiger partial charge is 0.480 e. The molecule has 1 amide bonds. The highest BCUT2D eigenvalue weighted by Gasteiger charge is 2.39. The number of nitrogens with zero attached hydrogens (tertiary/aromatic N) is 1. The molecule has 9 heteroatoms. The predicted octanol–water partition coefficient (Wildman–Crippen LogP) is 1.26. The molecule has 24 heavy (non-hydrogen) atoms. The molecule has 0 spiro atoms. The van der Waals surface area contributed by atoms with Gasteiger partial charge in [0, 0.05) is 11.6 Å². The number of benzene rings is 1. The number of carboxylic acids is 1. The molecule has 1 aliphatic heterocycles. The first-order valence-corrected chi connectivity index (χ1v) is 9.38. The van der Waals surface area contributed by atoms with Gasteiger partial charge in [0.2, 0.25) is 15.9 Å². The number of hydrogen-bond acceptors (Lipinski definition) is 4. The minimum Gasteiger partial charge on any atom is -0.480 e. The van der Waals surface area contributed by atoms with Gasteiger partial charge in [-0.3, -0.25) is 9.59 Å². The maximum atomic E-state index is 12.9.